The highest BCUT2D eigenvalue weighted by Gasteiger charge is 2.10. The molecule has 2 N–H and O–H groups in total. The lowest BCUT2D eigenvalue weighted by Crippen LogP contribution is -1.98. The Bertz CT molecular complexity index is 529. The van der Waals surface area contributed by atoms with Crippen LogP contribution in [0.1, 0.15) is 19.2 Å². The Balaban J connectivity index is 2.26. The molecule has 0 radical (unpaired) electrons. The van der Waals surface area contributed by atoms with Crippen molar-refractivity contribution in [2.75, 3.05) is 12.3 Å². The van der Waals surface area contributed by atoms with E-state index in [4.69, 9.17) is 10.5 Å². The molecule has 1 heterocycles. The molecule has 1 aromatic heterocycles. The van der Waals surface area contributed by atoms with Crippen molar-refractivity contribution in [3.8, 4) is 17.0 Å². The van der Waals surface area contributed by atoms with E-state index in [1.54, 1.807) is 0 Å². The molecule has 0 bridgehead atoms. The summed E-state index contributed by atoms with van der Waals surface area (Å²) in [7, 11) is 1.92. The predicted molar refractivity (Wildman–Crippen MR) is 73.6 cm³/mol. The smallest absolute Gasteiger partial charge is 0.131 e. The molecule has 0 spiro atoms. The first kappa shape index (κ1) is 12.5. The molecule has 0 aliphatic rings. The fraction of sp³-hybridized carbons (Fsp3) is 0.357. The lowest BCUT2D eigenvalue weighted by atomic mass is 10.1. The zero-order valence-electron chi connectivity index (χ0n) is 11.1. The first-order valence-electron chi connectivity index (χ1n) is 6.15. The highest BCUT2D eigenvalue weighted by atomic mass is 16.5. The molecule has 0 unspecified atom stereocenters. The minimum absolute atomic E-state index is 0.690. The van der Waals surface area contributed by atoms with Gasteiger partial charge in [-0.05, 0) is 37.6 Å². The van der Waals surface area contributed by atoms with Crippen LogP contribution in [-0.4, -0.2) is 16.2 Å². The van der Waals surface area contributed by atoms with Crippen molar-refractivity contribution < 1.29 is 4.74 Å². The van der Waals surface area contributed by atoms with Gasteiger partial charge >= 0.3 is 0 Å². The number of aromatic nitrogens is 2. The molecule has 0 aliphatic carbocycles. The molecule has 2 rings (SSSR count). The second kappa shape index (κ2) is 5.12. The average Bonchev–Trinajstić information content (AvgIpc) is 2.65. The van der Waals surface area contributed by atoms with Crippen LogP contribution < -0.4 is 10.5 Å². The van der Waals surface area contributed by atoms with Crippen LogP contribution in [0.15, 0.2) is 24.3 Å². The summed E-state index contributed by atoms with van der Waals surface area (Å²) in [5.74, 6) is 2.48. The van der Waals surface area contributed by atoms with E-state index in [1.807, 2.05) is 42.8 Å². The van der Waals surface area contributed by atoms with E-state index < -0.39 is 0 Å². The maximum absolute atomic E-state index is 6.02. The van der Waals surface area contributed by atoms with Crippen molar-refractivity contribution in [3.05, 3.63) is 30.1 Å². The third kappa shape index (κ3) is 2.32. The van der Waals surface area contributed by atoms with Gasteiger partial charge in [-0.15, -0.1) is 0 Å². The van der Waals surface area contributed by atoms with E-state index in [0.717, 1.165) is 35.9 Å². The van der Waals surface area contributed by atoms with Crippen molar-refractivity contribution in [1.82, 2.24) is 9.55 Å². The molecular weight excluding hydrogens is 226 g/mol. The number of nitrogen functional groups attached to an aromatic ring is 1. The highest BCUT2D eigenvalue weighted by molar-refractivity contribution is 5.71. The van der Waals surface area contributed by atoms with Gasteiger partial charge in [0.05, 0.1) is 6.61 Å². The van der Waals surface area contributed by atoms with Crippen molar-refractivity contribution in [1.29, 1.82) is 0 Å². The number of hydrogen-bond acceptors (Lipinski definition) is 3. The Morgan fingerprint density at radius 3 is 2.44 bits per heavy atom. The third-order valence-corrected chi connectivity index (χ3v) is 2.96. The summed E-state index contributed by atoms with van der Waals surface area (Å²) in [5.41, 5.74) is 7.87. The third-order valence-electron chi connectivity index (χ3n) is 2.96. The van der Waals surface area contributed by atoms with Crippen LogP contribution in [0.3, 0.4) is 0 Å². The monoisotopic (exact) mass is 245 g/mol. The van der Waals surface area contributed by atoms with Crippen LogP contribution >= 0.6 is 0 Å². The molecule has 18 heavy (non-hydrogen) atoms. The van der Waals surface area contributed by atoms with Crippen LogP contribution in [0.4, 0.5) is 5.82 Å². The van der Waals surface area contributed by atoms with Crippen molar-refractivity contribution in [2.24, 2.45) is 7.05 Å². The molecule has 96 valence electrons. The number of imidazole rings is 1. The lowest BCUT2D eigenvalue weighted by molar-refractivity contribution is 0.317. The van der Waals surface area contributed by atoms with E-state index in [0.29, 0.717) is 5.82 Å². The van der Waals surface area contributed by atoms with E-state index in [9.17, 15) is 0 Å². The molecule has 2 aromatic rings. The minimum atomic E-state index is 0.690. The van der Waals surface area contributed by atoms with E-state index in [-0.39, 0.29) is 0 Å². The Morgan fingerprint density at radius 2 is 1.94 bits per heavy atom. The summed E-state index contributed by atoms with van der Waals surface area (Å²) < 4.78 is 7.43. The van der Waals surface area contributed by atoms with Gasteiger partial charge in [0, 0.05) is 12.6 Å². The molecule has 0 saturated heterocycles. The molecule has 0 aliphatic heterocycles. The van der Waals surface area contributed by atoms with Gasteiger partial charge in [0.2, 0.25) is 0 Å². The first-order chi connectivity index (χ1) is 8.63. The van der Waals surface area contributed by atoms with Gasteiger partial charge in [-0.1, -0.05) is 6.92 Å². The van der Waals surface area contributed by atoms with E-state index >= 15 is 0 Å². The maximum atomic E-state index is 6.02. The Hall–Kier alpha value is -1.97. The molecule has 1 aromatic carbocycles. The molecule has 4 heteroatoms. The van der Waals surface area contributed by atoms with Crippen molar-refractivity contribution in [2.45, 2.75) is 20.3 Å². The quantitative estimate of drug-likeness (QED) is 0.901. The summed E-state index contributed by atoms with van der Waals surface area (Å²) in [6.45, 7) is 4.77. The average molecular weight is 245 g/mol. The van der Waals surface area contributed by atoms with Crippen LogP contribution in [0.25, 0.3) is 11.3 Å². The Morgan fingerprint density at radius 1 is 1.28 bits per heavy atom. The van der Waals surface area contributed by atoms with E-state index in [2.05, 4.69) is 11.9 Å². The molecule has 0 saturated carbocycles. The number of anilines is 1. The van der Waals surface area contributed by atoms with Crippen LogP contribution in [0.2, 0.25) is 0 Å². The van der Waals surface area contributed by atoms with Crippen LogP contribution in [-0.2, 0) is 7.05 Å². The highest BCUT2D eigenvalue weighted by Crippen LogP contribution is 2.27. The number of benzene rings is 1. The number of ether oxygens (including phenoxy) is 1. The summed E-state index contributed by atoms with van der Waals surface area (Å²) in [4.78, 5) is 4.47. The lowest BCUT2D eigenvalue weighted by Gasteiger charge is -2.05. The fourth-order valence-electron chi connectivity index (χ4n) is 1.77. The number of nitrogens with two attached hydrogens (primary N) is 1. The van der Waals surface area contributed by atoms with Crippen LogP contribution in [0, 0.1) is 6.92 Å². The Kier molecular flexibility index (Phi) is 3.55. The first-order valence-corrected chi connectivity index (χ1v) is 6.15. The maximum Gasteiger partial charge on any atom is 0.131 e. The second-order valence-corrected chi connectivity index (χ2v) is 4.32. The van der Waals surface area contributed by atoms with Gasteiger partial charge in [0.25, 0.3) is 0 Å². The number of aryl methyl sites for hydroxylation is 1. The van der Waals surface area contributed by atoms with Gasteiger partial charge in [0.1, 0.15) is 23.1 Å². The van der Waals surface area contributed by atoms with Crippen LogP contribution in [0.5, 0.6) is 5.75 Å². The van der Waals surface area contributed by atoms with Gasteiger partial charge in [-0.25, -0.2) is 4.98 Å². The summed E-state index contributed by atoms with van der Waals surface area (Å²) in [6.07, 6.45) is 1.01. The van der Waals surface area contributed by atoms with Gasteiger partial charge in [0.15, 0.2) is 0 Å². The molecular formula is C14H19N3O. The summed E-state index contributed by atoms with van der Waals surface area (Å²) in [6, 6.07) is 7.88. The van der Waals surface area contributed by atoms with Gasteiger partial charge < -0.3 is 15.0 Å². The Labute approximate surface area is 107 Å². The number of rotatable bonds is 4. The zero-order chi connectivity index (χ0) is 13.1. The van der Waals surface area contributed by atoms with E-state index in [1.165, 1.54) is 0 Å². The standard InChI is InChI=1S/C14H19N3O/c1-4-9-18-12-7-5-11(6-8-12)13-14(15)17(3)10(2)16-13/h5-8H,4,9,15H2,1-3H3. The largest absolute Gasteiger partial charge is 0.494 e. The minimum Gasteiger partial charge on any atom is -0.494 e. The van der Waals surface area contributed by atoms with Crippen molar-refractivity contribution >= 4 is 5.82 Å². The number of hydrogen-bond donors (Lipinski definition) is 1. The molecule has 0 atom stereocenters. The molecule has 0 amide bonds. The van der Waals surface area contributed by atoms with Crippen molar-refractivity contribution in [3.63, 3.8) is 0 Å². The van der Waals surface area contributed by atoms with Gasteiger partial charge in [-0.3, -0.25) is 0 Å². The number of nitrogens with zero attached hydrogens (tertiary/aromatic N) is 2. The SMILES string of the molecule is CCCOc1ccc(-c2nc(C)n(C)c2N)cc1. The topological polar surface area (TPSA) is 53.1 Å². The summed E-state index contributed by atoms with van der Waals surface area (Å²) >= 11 is 0. The molecule has 4 nitrogen and oxygen atoms in total. The molecule has 0 fully saturated rings. The second-order valence-electron chi connectivity index (χ2n) is 4.32. The zero-order valence-corrected chi connectivity index (χ0v) is 11.1. The normalized spacial score (nSPS) is 10.6. The summed E-state index contributed by atoms with van der Waals surface area (Å²) in [5, 5.41) is 0. The van der Waals surface area contributed by atoms with Gasteiger partial charge in [-0.2, -0.15) is 0 Å². The predicted octanol–water partition coefficient (Wildman–Crippen LogP) is 2.77. The fourth-order valence-corrected chi connectivity index (χ4v) is 1.77.